The second-order valence-electron chi connectivity index (χ2n) is 7.48. The molecule has 0 bridgehead atoms. The van der Waals surface area contributed by atoms with E-state index in [2.05, 4.69) is 52.0 Å². The third kappa shape index (κ3) is 5.08. The molecule has 3 heteroatoms. The Kier molecular flexibility index (Phi) is 8.21. The maximum atomic E-state index is 6.43. The molecule has 0 aliphatic carbocycles. The summed E-state index contributed by atoms with van der Waals surface area (Å²) in [5.74, 6) is 0. The molecule has 2 rings (SSSR count). The minimum Gasteiger partial charge on any atom is -0.380 e. The molecule has 0 radical (unpaired) electrons. The molecule has 0 heterocycles. The second kappa shape index (κ2) is 9.96. The molecule has 0 unspecified atom stereocenters. The lowest BCUT2D eigenvalue weighted by Crippen LogP contribution is -2.36. The summed E-state index contributed by atoms with van der Waals surface area (Å²) in [4.78, 5) is 0. The lowest BCUT2D eigenvalue weighted by atomic mass is 9.75. The Morgan fingerprint density at radius 3 is 1.15 bits per heavy atom. The van der Waals surface area contributed by atoms with Crippen molar-refractivity contribution >= 4 is 23.2 Å². The molecule has 27 heavy (non-hydrogen) atoms. The summed E-state index contributed by atoms with van der Waals surface area (Å²) in [6.07, 6.45) is 4.16. The molecular weight excluding hydrogens is 375 g/mol. The first-order valence-electron chi connectivity index (χ1n) is 10.0. The largest absolute Gasteiger partial charge is 0.380 e. The number of hydrogen-bond donors (Lipinski definition) is 0. The fourth-order valence-electron chi connectivity index (χ4n) is 3.94. The maximum Gasteiger partial charge on any atom is 0.0563 e. The molecule has 0 aromatic heterocycles. The van der Waals surface area contributed by atoms with Crippen molar-refractivity contribution in [2.75, 3.05) is 13.2 Å². The van der Waals surface area contributed by atoms with Crippen LogP contribution in [-0.2, 0) is 15.6 Å². The lowest BCUT2D eigenvalue weighted by Gasteiger charge is -2.36. The fourth-order valence-corrected chi connectivity index (χ4v) is 4.19. The molecule has 2 aromatic carbocycles. The van der Waals surface area contributed by atoms with Crippen LogP contribution in [0.5, 0.6) is 0 Å². The molecule has 148 valence electrons. The highest BCUT2D eigenvalue weighted by molar-refractivity contribution is 6.30. The Balaban J connectivity index is 2.18. The quantitative estimate of drug-likeness (QED) is 0.390. The van der Waals surface area contributed by atoms with Crippen molar-refractivity contribution in [3.05, 3.63) is 69.7 Å². The Bertz CT molecular complexity index is 622. The van der Waals surface area contributed by atoms with Gasteiger partial charge in [0.15, 0.2) is 0 Å². The number of rotatable bonds is 10. The number of ether oxygens (including phenoxy) is 1. The van der Waals surface area contributed by atoms with Gasteiger partial charge in [0.1, 0.15) is 0 Å². The maximum absolute atomic E-state index is 6.43. The molecule has 0 aliphatic rings. The minimum absolute atomic E-state index is 0.0256. The van der Waals surface area contributed by atoms with Crippen LogP contribution in [0.2, 0.25) is 10.0 Å². The van der Waals surface area contributed by atoms with Crippen molar-refractivity contribution in [2.45, 2.75) is 64.2 Å². The monoisotopic (exact) mass is 406 g/mol. The van der Waals surface area contributed by atoms with E-state index in [0.717, 1.165) is 48.9 Å². The third-order valence-electron chi connectivity index (χ3n) is 6.38. The van der Waals surface area contributed by atoms with Gasteiger partial charge < -0.3 is 4.74 Å². The Morgan fingerprint density at radius 2 is 0.889 bits per heavy atom. The Labute approximate surface area is 175 Å². The lowest BCUT2D eigenvalue weighted by molar-refractivity contribution is 0.0381. The molecule has 1 nitrogen and oxygen atoms in total. The Hall–Kier alpha value is -1.02. The van der Waals surface area contributed by atoms with Crippen LogP contribution < -0.4 is 0 Å². The predicted molar refractivity (Wildman–Crippen MR) is 118 cm³/mol. The van der Waals surface area contributed by atoms with Crippen LogP contribution in [0.1, 0.15) is 64.5 Å². The summed E-state index contributed by atoms with van der Waals surface area (Å²) in [5.41, 5.74) is 2.67. The first kappa shape index (κ1) is 22.3. The fraction of sp³-hybridized carbons (Fsp3) is 0.500. The highest BCUT2D eigenvalue weighted by Crippen LogP contribution is 2.36. The van der Waals surface area contributed by atoms with E-state index in [9.17, 15) is 0 Å². The smallest absolute Gasteiger partial charge is 0.0563 e. The summed E-state index contributed by atoms with van der Waals surface area (Å²) in [7, 11) is 0. The van der Waals surface area contributed by atoms with Gasteiger partial charge in [-0.1, -0.05) is 75.2 Å². The number of hydrogen-bond acceptors (Lipinski definition) is 1. The standard InChI is InChI=1S/C24H32Cl2O/c1-5-23(6-2,19-9-13-21(25)14-10-19)17-27-18-24(7-3,8-4)20-11-15-22(26)16-12-20/h9-16H,5-8,17-18H2,1-4H3. The third-order valence-corrected chi connectivity index (χ3v) is 6.88. The molecule has 0 atom stereocenters. The van der Waals surface area contributed by atoms with Crippen LogP contribution in [0.3, 0.4) is 0 Å². The van der Waals surface area contributed by atoms with Crippen molar-refractivity contribution in [3.8, 4) is 0 Å². The van der Waals surface area contributed by atoms with Gasteiger partial charge in [0.25, 0.3) is 0 Å². The van der Waals surface area contributed by atoms with Gasteiger partial charge in [-0.3, -0.25) is 0 Å². The normalized spacial score (nSPS) is 12.4. The van der Waals surface area contributed by atoms with E-state index in [0.29, 0.717) is 0 Å². The SMILES string of the molecule is CCC(CC)(COCC(CC)(CC)c1ccc(Cl)cc1)c1ccc(Cl)cc1. The van der Waals surface area contributed by atoms with E-state index < -0.39 is 0 Å². The van der Waals surface area contributed by atoms with Crippen LogP contribution in [0.15, 0.2) is 48.5 Å². The van der Waals surface area contributed by atoms with Crippen molar-refractivity contribution in [3.63, 3.8) is 0 Å². The average molecular weight is 407 g/mol. The van der Waals surface area contributed by atoms with Gasteiger partial charge in [0, 0.05) is 20.9 Å². The van der Waals surface area contributed by atoms with Crippen molar-refractivity contribution in [2.24, 2.45) is 0 Å². The van der Waals surface area contributed by atoms with Crippen molar-refractivity contribution in [1.29, 1.82) is 0 Å². The van der Waals surface area contributed by atoms with E-state index in [1.165, 1.54) is 11.1 Å². The first-order chi connectivity index (χ1) is 12.9. The van der Waals surface area contributed by atoms with Gasteiger partial charge in [-0.25, -0.2) is 0 Å². The summed E-state index contributed by atoms with van der Waals surface area (Å²) >= 11 is 12.2. The summed E-state index contributed by atoms with van der Waals surface area (Å²) in [6, 6.07) is 16.5. The molecule has 2 aromatic rings. The zero-order chi connectivity index (χ0) is 19.9. The van der Waals surface area contributed by atoms with Crippen molar-refractivity contribution in [1.82, 2.24) is 0 Å². The van der Waals surface area contributed by atoms with Crippen LogP contribution in [0.4, 0.5) is 0 Å². The number of halogens is 2. The van der Waals surface area contributed by atoms with Crippen LogP contribution in [0, 0.1) is 0 Å². The predicted octanol–water partition coefficient (Wildman–Crippen LogP) is 7.83. The summed E-state index contributed by atoms with van der Waals surface area (Å²) < 4.78 is 6.43. The van der Waals surface area contributed by atoms with E-state index in [4.69, 9.17) is 27.9 Å². The minimum atomic E-state index is 0.0256. The molecule has 0 saturated carbocycles. The van der Waals surface area contributed by atoms with Gasteiger partial charge in [0.05, 0.1) is 13.2 Å². The molecule has 0 spiro atoms. The molecular formula is C24H32Cl2O. The topological polar surface area (TPSA) is 9.23 Å². The summed E-state index contributed by atoms with van der Waals surface area (Å²) in [5, 5.41) is 1.55. The number of benzene rings is 2. The molecule has 0 N–H and O–H groups in total. The van der Waals surface area contributed by atoms with Gasteiger partial charge in [0.2, 0.25) is 0 Å². The van der Waals surface area contributed by atoms with Gasteiger partial charge in [-0.05, 0) is 61.1 Å². The summed E-state index contributed by atoms with van der Waals surface area (Å²) in [6.45, 7) is 10.4. The van der Waals surface area contributed by atoms with E-state index >= 15 is 0 Å². The van der Waals surface area contributed by atoms with Crippen molar-refractivity contribution < 1.29 is 4.74 Å². The highest BCUT2D eigenvalue weighted by atomic mass is 35.5. The highest BCUT2D eigenvalue weighted by Gasteiger charge is 2.33. The van der Waals surface area contributed by atoms with Crippen LogP contribution in [0.25, 0.3) is 0 Å². The van der Waals surface area contributed by atoms with Gasteiger partial charge in [-0.15, -0.1) is 0 Å². The second-order valence-corrected chi connectivity index (χ2v) is 8.35. The average Bonchev–Trinajstić information content (AvgIpc) is 2.71. The van der Waals surface area contributed by atoms with Gasteiger partial charge >= 0.3 is 0 Å². The van der Waals surface area contributed by atoms with E-state index in [1.807, 2.05) is 24.3 Å². The zero-order valence-corrected chi connectivity index (χ0v) is 18.5. The van der Waals surface area contributed by atoms with Crippen LogP contribution >= 0.6 is 23.2 Å². The molecule has 0 amide bonds. The molecule has 0 aliphatic heterocycles. The van der Waals surface area contributed by atoms with Gasteiger partial charge in [-0.2, -0.15) is 0 Å². The molecule has 0 fully saturated rings. The van der Waals surface area contributed by atoms with Crippen LogP contribution in [-0.4, -0.2) is 13.2 Å². The van der Waals surface area contributed by atoms with E-state index in [-0.39, 0.29) is 10.8 Å². The zero-order valence-electron chi connectivity index (χ0n) is 17.0. The van der Waals surface area contributed by atoms with E-state index in [1.54, 1.807) is 0 Å². The first-order valence-corrected chi connectivity index (χ1v) is 10.8. The Morgan fingerprint density at radius 1 is 0.593 bits per heavy atom. The molecule has 0 saturated heterocycles.